The number of hydrogen-bond acceptors (Lipinski definition) is 4. The van der Waals surface area contributed by atoms with Crippen LogP contribution in [0.5, 0.6) is 0 Å². The van der Waals surface area contributed by atoms with Crippen LogP contribution in [0, 0.1) is 5.82 Å². The van der Waals surface area contributed by atoms with E-state index in [-0.39, 0.29) is 11.5 Å². The van der Waals surface area contributed by atoms with Crippen molar-refractivity contribution in [3.05, 3.63) is 65.5 Å². The first kappa shape index (κ1) is 14.2. The summed E-state index contributed by atoms with van der Waals surface area (Å²) in [7, 11) is 0. The van der Waals surface area contributed by atoms with E-state index >= 15 is 0 Å². The highest BCUT2D eigenvalue weighted by molar-refractivity contribution is 6.29. The van der Waals surface area contributed by atoms with Crippen LogP contribution in [0.4, 0.5) is 10.1 Å². The summed E-state index contributed by atoms with van der Waals surface area (Å²) in [5.74, 6) is -0.783. The molecule has 1 N–H and O–H groups in total. The summed E-state index contributed by atoms with van der Waals surface area (Å²) in [6.45, 7) is 0. The summed E-state index contributed by atoms with van der Waals surface area (Å²) in [5, 5.41) is 10.6. The van der Waals surface area contributed by atoms with Gasteiger partial charge in [0.1, 0.15) is 11.0 Å². The Hall–Kier alpha value is -2.80. The van der Waals surface area contributed by atoms with Gasteiger partial charge < -0.3 is 5.32 Å². The number of carbonyl (C=O) groups is 1. The predicted octanol–water partition coefficient (Wildman–Crippen LogP) is 2.71. The lowest BCUT2D eigenvalue weighted by Gasteiger charge is -2.01. The van der Waals surface area contributed by atoms with E-state index in [9.17, 15) is 9.18 Å². The maximum atomic E-state index is 12.9. The molecule has 0 aliphatic carbocycles. The number of pyridine rings is 1. The van der Waals surface area contributed by atoms with E-state index in [4.69, 9.17) is 11.6 Å². The third-order valence-corrected chi connectivity index (χ3v) is 3.03. The van der Waals surface area contributed by atoms with Gasteiger partial charge >= 0.3 is 0 Å². The predicted molar refractivity (Wildman–Crippen MR) is 78.5 cm³/mol. The standard InChI is InChI=1S/C14H9ClFN5O/c15-13-6-3-10(7-17-13)18-14(22)12-8-21(20-19-12)11-4-1-9(16)2-5-11/h1-8H,(H,18,22). The van der Waals surface area contributed by atoms with Gasteiger partial charge in [0.15, 0.2) is 5.69 Å². The molecule has 1 aromatic carbocycles. The first-order valence-electron chi connectivity index (χ1n) is 6.23. The number of rotatable bonds is 3. The van der Waals surface area contributed by atoms with Crippen molar-refractivity contribution >= 4 is 23.2 Å². The molecule has 110 valence electrons. The summed E-state index contributed by atoms with van der Waals surface area (Å²) < 4.78 is 14.3. The number of carbonyl (C=O) groups excluding carboxylic acids is 1. The third-order valence-electron chi connectivity index (χ3n) is 2.80. The monoisotopic (exact) mass is 317 g/mol. The van der Waals surface area contributed by atoms with Gasteiger partial charge in [0.05, 0.1) is 23.8 Å². The van der Waals surface area contributed by atoms with Gasteiger partial charge in [-0.1, -0.05) is 16.8 Å². The number of benzene rings is 1. The summed E-state index contributed by atoms with van der Waals surface area (Å²) in [4.78, 5) is 15.9. The number of nitrogens with zero attached hydrogens (tertiary/aromatic N) is 4. The van der Waals surface area contributed by atoms with Gasteiger partial charge in [-0.25, -0.2) is 14.1 Å². The average molecular weight is 318 g/mol. The Morgan fingerprint density at radius 2 is 1.95 bits per heavy atom. The Morgan fingerprint density at radius 1 is 1.18 bits per heavy atom. The van der Waals surface area contributed by atoms with Crippen LogP contribution in [0.2, 0.25) is 5.15 Å². The smallest absolute Gasteiger partial charge is 0.277 e. The van der Waals surface area contributed by atoms with Crippen LogP contribution in [-0.2, 0) is 0 Å². The molecule has 0 fully saturated rings. The van der Waals surface area contributed by atoms with Crippen LogP contribution >= 0.6 is 11.6 Å². The van der Waals surface area contributed by atoms with E-state index in [1.807, 2.05) is 0 Å². The summed E-state index contributed by atoms with van der Waals surface area (Å²) >= 11 is 5.67. The molecule has 0 bridgehead atoms. The average Bonchev–Trinajstić information content (AvgIpc) is 3.00. The Balaban J connectivity index is 1.76. The second kappa shape index (κ2) is 5.90. The van der Waals surface area contributed by atoms with Crippen molar-refractivity contribution in [3.63, 3.8) is 0 Å². The van der Waals surface area contributed by atoms with Crippen molar-refractivity contribution in [2.75, 3.05) is 5.32 Å². The van der Waals surface area contributed by atoms with Gasteiger partial charge in [-0.2, -0.15) is 0 Å². The highest BCUT2D eigenvalue weighted by atomic mass is 35.5. The van der Waals surface area contributed by atoms with Gasteiger partial charge in [0, 0.05) is 0 Å². The lowest BCUT2D eigenvalue weighted by Crippen LogP contribution is -2.12. The largest absolute Gasteiger partial charge is 0.319 e. The molecular weight excluding hydrogens is 309 g/mol. The maximum Gasteiger partial charge on any atom is 0.277 e. The molecule has 0 spiro atoms. The Bertz CT molecular complexity index is 801. The second-order valence-electron chi connectivity index (χ2n) is 4.35. The highest BCUT2D eigenvalue weighted by Gasteiger charge is 2.12. The van der Waals surface area contributed by atoms with Crippen molar-refractivity contribution in [1.29, 1.82) is 0 Å². The van der Waals surface area contributed by atoms with Crippen LogP contribution in [0.1, 0.15) is 10.5 Å². The molecule has 0 atom stereocenters. The van der Waals surface area contributed by atoms with Crippen molar-refractivity contribution in [2.24, 2.45) is 0 Å². The van der Waals surface area contributed by atoms with Crippen molar-refractivity contribution < 1.29 is 9.18 Å². The molecule has 2 heterocycles. The maximum absolute atomic E-state index is 12.9. The molecule has 6 nitrogen and oxygen atoms in total. The van der Waals surface area contributed by atoms with E-state index < -0.39 is 5.91 Å². The summed E-state index contributed by atoms with van der Waals surface area (Å²) in [5.41, 5.74) is 1.21. The van der Waals surface area contributed by atoms with Crippen molar-refractivity contribution in [1.82, 2.24) is 20.0 Å². The highest BCUT2D eigenvalue weighted by Crippen LogP contribution is 2.12. The quantitative estimate of drug-likeness (QED) is 0.754. The minimum atomic E-state index is -0.433. The molecular formula is C14H9ClFN5O. The number of nitrogens with one attached hydrogen (secondary N) is 1. The zero-order valence-electron chi connectivity index (χ0n) is 11.1. The third kappa shape index (κ3) is 3.09. The molecule has 3 rings (SSSR count). The molecule has 0 aliphatic rings. The number of hydrogen-bond donors (Lipinski definition) is 1. The molecule has 0 saturated heterocycles. The zero-order valence-corrected chi connectivity index (χ0v) is 11.8. The molecule has 0 saturated carbocycles. The molecule has 8 heteroatoms. The Kier molecular flexibility index (Phi) is 3.80. The van der Waals surface area contributed by atoms with Crippen molar-refractivity contribution in [3.8, 4) is 5.69 Å². The van der Waals surface area contributed by atoms with Gasteiger partial charge in [0.2, 0.25) is 0 Å². The van der Waals surface area contributed by atoms with Crippen LogP contribution in [0.3, 0.4) is 0 Å². The molecule has 0 aliphatic heterocycles. The zero-order chi connectivity index (χ0) is 15.5. The normalized spacial score (nSPS) is 10.5. The fourth-order valence-corrected chi connectivity index (χ4v) is 1.84. The van der Waals surface area contributed by atoms with E-state index in [0.717, 1.165) is 0 Å². The van der Waals surface area contributed by atoms with Crippen LogP contribution in [0.25, 0.3) is 5.69 Å². The van der Waals surface area contributed by atoms with E-state index in [0.29, 0.717) is 16.5 Å². The van der Waals surface area contributed by atoms with E-state index in [1.165, 1.54) is 41.3 Å². The number of aromatic nitrogens is 4. The van der Waals surface area contributed by atoms with Gasteiger partial charge in [-0.3, -0.25) is 4.79 Å². The molecule has 22 heavy (non-hydrogen) atoms. The summed E-state index contributed by atoms with van der Waals surface area (Å²) in [6.07, 6.45) is 2.89. The summed E-state index contributed by atoms with van der Waals surface area (Å²) in [6, 6.07) is 8.86. The molecule has 2 aromatic heterocycles. The minimum Gasteiger partial charge on any atom is -0.319 e. The minimum absolute atomic E-state index is 0.124. The number of amides is 1. The molecule has 1 amide bonds. The second-order valence-corrected chi connectivity index (χ2v) is 4.74. The fourth-order valence-electron chi connectivity index (χ4n) is 1.73. The Morgan fingerprint density at radius 3 is 2.64 bits per heavy atom. The van der Waals surface area contributed by atoms with Gasteiger partial charge in [0.25, 0.3) is 5.91 Å². The number of anilines is 1. The first-order valence-corrected chi connectivity index (χ1v) is 6.61. The van der Waals surface area contributed by atoms with E-state index in [1.54, 1.807) is 12.1 Å². The van der Waals surface area contributed by atoms with Crippen LogP contribution in [-0.4, -0.2) is 25.9 Å². The van der Waals surface area contributed by atoms with Crippen molar-refractivity contribution in [2.45, 2.75) is 0 Å². The molecule has 0 radical (unpaired) electrons. The topological polar surface area (TPSA) is 72.7 Å². The van der Waals surface area contributed by atoms with E-state index in [2.05, 4.69) is 20.6 Å². The first-order chi connectivity index (χ1) is 10.6. The van der Waals surface area contributed by atoms with Gasteiger partial charge in [-0.15, -0.1) is 5.10 Å². The van der Waals surface area contributed by atoms with Gasteiger partial charge in [-0.05, 0) is 36.4 Å². The lowest BCUT2D eigenvalue weighted by atomic mass is 10.3. The molecule has 3 aromatic rings. The molecule has 0 unspecified atom stereocenters. The van der Waals surface area contributed by atoms with Crippen LogP contribution in [0.15, 0.2) is 48.8 Å². The Labute approximate surface area is 129 Å². The fraction of sp³-hybridized carbons (Fsp3) is 0. The van der Waals surface area contributed by atoms with Crippen LogP contribution < -0.4 is 5.32 Å². The lowest BCUT2D eigenvalue weighted by molar-refractivity contribution is 0.102. The SMILES string of the molecule is O=C(Nc1ccc(Cl)nc1)c1cn(-c2ccc(F)cc2)nn1. The number of halogens is 2.